The zero-order chi connectivity index (χ0) is 17.8. The number of aromatic nitrogens is 1. The smallest absolute Gasteiger partial charge is 0.265 e. The maximum Gasteiger partial charge on any atom is 0.265 e. The minimum absolute atomic E-state index is 0.0807. The zero-order valence-corrected chi connectivity index (χ0v) is 14.3. The first kappa shape index (κ1) is 16.9. The summed E-state index contributed by atoms with van der Waals surface area (Å²) in [6, 6.07) is 13.6. The molecule has 25 heavy (non-hydrogen) atoms. The van der Waals surface area contributed by atoms with Crippen LogP contribution in [-0.2, 0) is 6.54 Å². The number of hydrogen-bond donors (Lipinski definition) is 2. The summed E-state index contributed by atoms with van der Waals surface area (Å²) in [7, 11) is 1.57. The number of carbonyl (C=O) groups is 1. The van der Waals surface area contributed by atoms with Crippen molar-refractivity contribution in [3.63, 3.8) is 0 Å². The van der Waals surface area contributed by atoms with Gasteiger partial charge >= 0.3 is 0 Å². The molecule has 0 fully saturated rings. The van der Waals surface area contributed by atoms with Crippen LogP contribution in [0.4, 0.5) is 10.1 Å². The van der Waals surface area contributed by atoms with Gasteiger partial charge in [-0.25, -0.2) is 4.39 Å². The summed E-state index contributed by atoms with van der Waals surface area (Å²) in [6.07, 6.45) is 0. The molecule has 0 radical (unpaired) electrons. The summed E-state index contributed by atoms with van der Waals surface area (Å²) in [5, 5.41) is 2.67. The summed E-state index contributed by atoms with van der Waals surface area (Å²) < 4.78 is 23.1. The molecule has 0 atom stereocenters. The lowest BCUT2D eigenvalue weighted by Gasteiger charge is -2.06. The Balaban J connectivity index is 1.78. The van der Waals surface area contributed by atoms with Crippen LogP contribution >= 0.6 is 11.5 Å². The Labute approximate surface area is 148 Å². The molecule has 0 unspecified atom stereocenters. The quantitative estimate of drug-likeness (QED) is 0.733. The van der Waals surface area contributed by atoms with E-state index in [4.69, 9.17) is 10.5 Å². The van der Waals surface area contributed by atoms with Crippen molar-refractivity contribution in [1.29, 1.82) is 0 Å². The molecule has 128 valence electrons. The highest BCUT2D eigenvalue weighted by Crippen LogP contribution is 2.32. The molecule has 0 aliphatic carbocycles. The summed E-state index contributed by atoms with van der Waals surface area (Å²) in [5.41, 5.74) is 8.10. The third-order valence-electron chi connectivity index (χ3n) is 3.67. The van der Waals surface area contributed by atoms with Crippen LogP contribution < -0.4 is 15.8 Å². The van der Waals surface area contributed by atoms with Gasteiger partial charge in [0.2, 0.25) is 0 Å². The van der Waals surface area contributed by atoms with Crippen LogP contribution in [0.15, 0.2) is 48.5 Å². The Kier molecular flexibility index (Phi) is 4.95. The molecule has 5 nitrogen and oxygen atoms in total. The molecular formula is C18H16FN3O2S. The van der Waals surface area contributed by atoms with Crippen molar-refractivity contribution in [3.05, 3.63) is 64.8 Å². The van der Waals surface area contributed by atoms with Gasteiger partial charge < -0.3 is 15.8 Å². The average molecular weight is 357 g/mol. The van der Waals surface area contributed by atoms with E-state index >= 15 is 0 Å². The number of anilines is 1. The van der Waals surface area contributed by atoms with Crippen LogP contribution in [0.3, 0.4) is 0 Å². The van der Waals surface area contributed by atoms with Crippen molar-refractivity contribution in [2.24, 2.45) is 0 Å². The molecular weight excluding hydrogens is 341 g/mol. The second-order valence-electron chi connectivity index (χ2n) is 5.28. The maximum atomic E-state index is 13.6. The van der Waals surface area contributed by atoms with Gasteiger partial charge in [0, 0.05) is 17.7 Å². The summed E-state index contributed by atoms with van der Waals surface area (Å²) >= 11 is 1.01. The Morgan fingerprint density at radius 3 is 2.84 bits per heavy atom. The van der Waals surface area contributed by atoms with E-state index in [2.05, 4.69) is 9.69 Å². The number of carbonyl (C=O) groups excluding carboxylic acids is 1. The third kappa shape index (κ3) is 3.61. The molecule has 1 amide bonds. The number of benzene rings is 2. The van der Waals surface area contributed by atoms with Crippen molar-refractivity contribution in [1.82, 2.24) is 9.69 Å². The normalized spacial score (nSPS) is 10.5. The summed E-state index contributed by atoms with van der Waals surface area (Å²) in [4.78, 5) is 12.7. The fourth-order valence-corrected chi connectivity index (χ4v) is 3.07. The number of rotatable bonds is 5. The molecule has 1 aromatic heterocycles. The standard InChI is InChI=1S/C18H16FN3O2S/c1-24-13-7-4-6-11(9-13)16-15(20)17(25-22-16)18(23)21-10-12-5-2-3-8-14(12)19/h2-9H,10,20H2,1H3,(H,21,23). The first-order chi connectivity index (χ1) is 12.1. The van der Waals surface area contributed by atoms with Gasteiger partial charge in [-0.2, -0.15) is 4.37 Å². The second-order valence-corrected chi connectivity index (χ2v) is 6.05. The topological polar surface area (TPSA) is 77.2 Å². The number of amides is 1. The van der Waals surface area contributed by atoms with Crippen LogP contribution in [0.5, 0.6) is 5.75 Å². The SMILES string of the molecule is COc1cccc(-c2nsc(C(=O)NCc3ccccc3F)c2N)c1. The third-order valence-corrected chi connectivity index (χ3v) is 4.54. The van der Waals surface area contributed by atoms with Gasteiger partial charge in [-0.05, 0) is 29.7 Å². The Morgan fingerprint density at radius 1 is 1.28 bits per heavy atom. The van der Waals surface area contributed by atoms with Gasteiger partial charge in [0.1, 0.15) is 22.1 Å². The predicted molar refractivity (Wildman–Crippen MR) is 96.1 cm³/mol. The Bertz CT molecular complexity index is 911. The number of hydrogen-bond acceptors (Lipinski definition) is 5. The molecule has 2 aromatic carbocycles. The number of nitrogens with one attached hydrogen (secondary N) is 1. The van der Waals surface area contributed by atoms with Crippen LogP contribution in [0, 0.1) is 5.82 Å². The zero-order valence-electron chi connectivity index (χ0n) is 13.5. The van der Waals surface area contributed by atoms with Crippen LogP contribution in [0.25, 0.3) is 11.3 Å². The van der Waals surface area contributed by atoms with E-state index in [1.54, 1.807) is 31.4 Å². The van der Waals surface area contributed by atoms with Crippen LogP contribution in [0.2, 0.25) is 0 Å². The molecule has 0 bridgehead atoms. The highest BCUT2D eigenvalue weighted by molar-refractivity contribution is 7.09. The van der Waals surface area contributed by atoms with Crippen molar-refractivity contribution in [2.45, 2.75) is 6.54 Å². The van der Waals surface area contributed by atoms with E-state index in [0.29, 0.717) is 27.6 Å². The first-order valence-corrected chi connectivity index (χ1v) is 8.28. The van der Waals surface area contributed by atoms with E-state index in [0.717, 1.165) is 17.1 Å². The van der Waals surface area contributed by atoms with E-state index in [1.165, 1.54) is 6.07 Å². The molecule has 1 heterocycles. The first-order valence-electron chi connectivity index (χ1n) is 7.51. The lowest BCUT2D eigenvalue weighted by Crippen LogP contribution is -2.23. The molecule has 0 spiro atoms. The number of nitrogens with zero attached hydrogens (tertiary/aromatic N) is 1. The largest absolute Gasteiger partial charge is 0.497 e. The molecule has 0 saturated heterocycles. The number of ether oxygens (including phenoxy) is 1. The number of methoxy groups -OCH3 is 1. The van der Waals surface area contributed by atoms with Crippen molar-refractivity contribution < 1.29 is 13.9 Å². The van der Waals surface area contributed by atoms with Gasteiger partial charge in [-0.15, -0.1) is 0 Å². The molecule has 3 N–H and O–H groups in total. The van der Waals surface area contributed by atoms with Gasteiger partial charge in [-0.3, -0.25) is 4.79 Å². The minimum Gasteiger partial charge on any atom is -0.497 e. The van der Waals surface area contributed by atoms with Gasteiger partial charge in [-0.1, -0.05) is 30.3 Å². The number of nitrogens with two attached hydrogens (primary N) is 1. The fourth-order valence-electron chi connectivity index (χ4n) is 2.34. The van der Waals surface area contributed by atoms with E-state index in [9.17, 15) is 9.18 Å². The van der Waals surface area contributed by atoms with Crippen molar-refractivity contribution in [2.75, 3.05) is 12.8 Å². The van der Waals surface area contributed by atoms with Crippen molar-refractivity contribution >= 4 is 23.1 Å². The second kappa shape index (κ2) is 7.31. The lowest BCUT2D eigenvalue weighted by atomic mass is 10.1. The lowest BCUT2D eigenvalue weighted by molar-refractivity contribution is 0.0955. The van der Waals surface area contributed by atoms with Gasteiger partial charge in [0.25, 0.3) is 5.91 Å². The molecule has 0 aliphatic rings. The highest BCUT2D eigenvalue weighted by Gasteiger charge is 2.19. The molecule has 7 heteroatoms. The molecule has 0 saturated carbocycles. The minimum atomic E-state index is -0.382. The van der Waals surface area contributed by atoms with E-state index in [1.807, 2.05) is 18.2 Å². The maximum absolute atomic E-state index is 13.6. The number of halogens is 1. The van der Waals surface area contributed by atoms with E-state index in [-0.39, 0.29) is 18.3 Å². The molecule has 0 aliphatic heterocycles. The molecule has 3 aromatic rings. The Hall–Kier alpha value is -2.93. The Morgan fingerprint density at radius 2 is 2.08 bits per heavy atom. The summed E-state index contributed by atoms with van der Waals surface area (Å²) in [6.45, 7) is 0.0807. The van der Waals surface area contributed by atoms with Crippen LogP contribution in [-0.4, -0.2) is 17.4 Å². The van der Waals surface area contributed by atoms with Gasteiger partial charge in [0.15, 0.2) is 0 Å². The van der Waals surface area contributed by atoms with Crippen LogP contribution in [0.1, 0.15) is 15.2 Å². The van der Waals surface area contributed by atoms with E-state index < -0.39 is 0 Å². The highest BCUT2D eigenvalue weighted by atomic mass is 32.1. The predicted octanol–water partition coefficient (Wildman–Crippen LogP) is 3.47. The average Bonchev–Trinajstić information content (AvgIpc) is 3.02. The summed E-state index contributed by atoms with van der Waals surface area (Å²) in [5.74, 6) is -0.0694. The monoisotopic (exact) mass is 357 g/mol. The molecule has 3 rings (SSSR count). The number of nitrogen functional groups attached to an aromatic ring is 1. The van der Waals surface area contributed by atoms with Gasteiger partial charge in [0.05, 0.1) is 12.8 Å². The fraction of sp³-hybridized carbons (Fsp3) is 0.111. The van der Waals surface area contributed by atoms with Crippen molar-refractivity contribution in [3.8, 4) is 17.0 Å².